The standard InChI is InChI=1S/C9H10N4OS2/c1-11-6(14)4-16-9-12-7(10)5-2-3-15-8(5)13-9/h2-3H,4H2,1H3,(H,11,14)(H2,10,12,13). The molecule has 2 rings (SSSR count). The van der Waals surface area contributed by atoms with Gasteiger partial charge in [0.25, 0.3) is 0 Å². The molecule has 0 saturated carbocycles. The molecular weight excluding hydrogens is 244 g/mol. The van der Waals surface area contributed by atoms with Gasteiger partial charge in [-0.15, -0.1) is 11.3 Å². The molecule has 5 nitrogen and oxygen atoms in total. The molecule has 0 radical (unpaired) electrons. The van der Waals surface area contributed by atoms with Crippen LogP contribution in [0, 0.1) is 0 Å². The Kier molecular flexibility index (Phi) is 3.25. The number of amides is 1. The predicted molar refractivity (Wildman–Crippen MR) is 66.6 cm³/mol. The second-order valence-corrected chi connectivity index (χ2v) is 4.83. The van der Waals surface area contributed by atoms with Gasteiger partial charge in [-0.05, 0) is 11.4 Å². The summed E-state index contributed by atoms with van der Waals surface area (Å²) in [7, 11) is 1.60. The average Bonchev–Trinajstić information content (AvgIpc) is 2.74. The number of thioether (sulfide) groups is 1. The van der Waals surface area contributed by atoms with E-state index in [0.717, 1.165) is 10.2 Å². The Hall–Kier alpha value is -1.34. The third-order valence-electron chi connectivity index (χ3n) is 1.95. The first-order valence-electron chi connectivity index (χ1n) is 4.55. The molecule has 1 amide bonds. The monoisotopic (exact) mass is 254 g/mol. The van der Waals surface area contributed by atoms with Crippen LogP contribution in [0.3, 0.4) is 0 Å². The van der Waals surface area contributed by atoms with Crippen molar-refractivity contribution in [2.45, 2.75) is 5.16 Å². The lowest BCUT2D eigenvalue weighted by molar-refractivity contribution is -0.118. The van der Waals surface area contributed by atoms with E-state index >= 15 is 0 Å². The maximum atomic E-state index is 11.1. The quantitative estimate of drug-likeness (QED) is 0.633. The highest BCUT2D eigenvalue weighted by Crippen LogP contribution is 2.25. The van der Waals surface area contributed by atoms with Crippen LogP contribution in [0.25, 0.3) is 10.2 Å². The Morgan fingerprint density at radius 2 is 2.44 bits per heavy atom. The number of nitrogens with two attached hydrogens (primary N) is 1. The molecule has 7 heteroatoms. The summed E-state index contributed by atoms with van der Waals surface area (Å²) in [5.74, 6) is 0.705. The van der Waals surface area contributed by atoms with Gasteiger partial charge in [-0.1, -0.05) is 11.8 Å². The molecule has 0 bridgehead atoms. The molecule has 84 valence electrons. The molecular formula is C9H10N4OS2. The molecule has 0 unspecified atom stereocenters. The summed E-state index contributed by atoms with van der Waals surface area (Å²) in [6.45, 7) is 0. The van der Waals surface area contributed by atoms with Crippen LogP contribution >= 0.6 is 23.1 Å². The highest BCUT2D eigenvalue weighted by atomic mass is 32.2. The molecule has 0 saturated heterocycles. The van der Waals surface area contributed by atoms with Crippen molar-refractivity contribution in [1.29, 1.82) is 0 Å². The van der Waals surface area contributed by atoms with Crippen molar-refractivity contribution in [3.63, 3.8) is 0 Å². The van der Waals surface area contributed by atoms with Crippen molar-refractivity contribution < 1.29 is 4.79 Å². The molecule has 2 aromatic rings. The van der Waals surface area contributed by atoms with E-state index in [2.05, 4.69) is 15.3 Å². The maximum Gasteiger partial charge on any atom is 0.230 e. The number of anilines is 1. The number of hydrogen-bond donors (Lipinski definition) is 2. The first kappa shape index (κ1) is 11.2. The fourth-order valence-corrected chi connectivity index (χ4v) is 2.68. The minimum absolute atomic E-state index is 0.0570. The van der Waals surface area contributed by atoms with Crippen molar-refractivity contribution in [3.05, 3.63) is 11.4 Å². The van der Waals surface area contributed by atoms with Gasteiger partial charge in [0.05, 0.1) is 11.1 Å². The number of nitrogens with zero attached hydrogens (tertiary/aromatic N) is 2. The SMILES string of the molecule is CNC(=O)CSc1nc(N)c2ccsc2n1. The second-order valence-electron chi connectivity index (χ2n) is 2.99. The molecule has 0 atom stereocenters. The summed E-state index contributed by atoms with van der Waals surface area (Å²) >= 11 is 2.79. The van der Waals surface area contributed by atoms with Gasteiger partial charge in [0.2, 0.25) is 5.91 Å². The van der Waals surface area contributed by atoms with E-state index in [-0.39, 0.29) is 5.91 Å². The fourth-order valence-electron chi connectivity index (χ4n) is 1.12. The van der Waals surface area contributed by atoms with Gasteiger partial charge in [0.15, 0.2) is 5.16 Å². The Labute approximate surface area is 100 Å². The van der Waals surface area contributed by atoms with Crippen LogP contribution in [-0.4, -0.2) is 28.7 Å². The summed E-state index contributed by atoms with van der Waals surface area (Å²) in [4.78, 5) is 20.4. The van der Waals surface area contributed by atoms with E-state index in [9.17, 15) is 4.79 Å². The summed E-state index contributed by atoms with van der Waals surface area (Å²) in [6.07, 6.45) is 0. The van der Waals surface area contributed by atoms with E-state index in [4.69, 9.17) is 5.73 Å². The van der Waals surface area contributed by atoms with Gasteiger partial charge in [-0.25, -0.2) is 9.97 Å². The van der Waals surface area contributed by atoms with Crippen LogP contribution < -0.4 is 11.1 Å². The maximum absolute atomic E-state index is 11.1. The molecule has 2 heterocycles. The van der Waals surface area contributed by atoms with E-state index in [1.807, 2.05) is 11.4 Å². The number of nitrogens with one attached hydrogen (secondary N) is 1. The van der Waals surface area contributed by atoms with Crippen LogP contribution in [-0.2, 0) is 4.79 Å². The molecule has 0 aliphatic heterocycles. The highest BCUT2D eigenvalue weighted by Gasteiger charge is 2.08. The number of thiophene rings is 1. The molecule has 0 aliphatic carbocycles. The smallest absolute Gasteiger partial charge is 0.230 e. The van der Waals surface area contributed by atoms with Gasteiger partial charge in [0, 0.05) is 7.05 Å². The average molecular weight is 254 g/mol. The largest absolute Gasteiger partial charge is 0.383 e. The minimum atomic E-state index is -0.0570. The van der Waals surface area contributed by atoms with E-state index < -0.39 is 0 Å². The fraction of sp³-hybridized carbons (Fsp3) is 0.222. The van der Waals surface area contributed by atoms with Gasteiger partial charge in [-0.3, -0.25) is 4.79 Å². The van der Waals surface area contributed by atoms with Gasteiger partial charge >= 0.3 is 0 Å². The Bertz CT molecular complexity index is 525. The zero-order chi connectivity index (χ0) is 11.5. The number of carbonyl (C=O) groups is 1. The summed E-state index contributed by atoms with van der Waals surface area (Å²) in [5, 5.41) is 5.87. The highest BCUT2D eigenvalue weighted by molar-refractivity contribution is 7.99. The summed E-state index contributed by atoms with van der Waals surface area (Å²) in [6, 6.07) is 1.89. The lowest BCUT2D eigenvalue weighted by Crippen LogP contribution is -2.19. The zero-order valence-corrected chi connectivity index (χ0v) is 10.2. The summed E-state index contributed by atoms with van der Waals surface area (Å²) < 4.78 is 0. The zero-order valence-electron chi connectivity index (χ0n) is 8.56. The molecule has 0 fully saturated rings. The number of rotatable bonds is 3. The van der Waals surface area contributed by atoms with E-state index in [0.29, 0.717) is 16.7 Å². The third kappa shape index (κ3) is 2.25. The number of nitrogen functional groups attached to an aromatic ring is 1. The Morgan fingerprint density at radius 1 is 1.62 bits per heavy atom. The number of carbonyl (C=O) groups excluding carboxylic acids is 1. The van der Waals surface area contributed by atoms with Crippen molar-refractivity contribution in [2.75, 3.05) is 18.5 Å². The third-order valence-corrected chi connectivity index (χ3v) is 3.60. The minimum Gasteiger partial charge on any atom is -0.383 e. The van der Waals surface area contributed by atoms with Gasteiger partial charge in [-0.2, -0.15) is 0 Å². The molecule has 0 aliphatic rings. The molecule has 0 aromatic carbocycles. The first-order chi connectivity index (χ1) is 7.70. The van der Waals surface area contributed by atoms with Crippen LogP contribution in [0.5, 0.6) is 0 Å². The number of hydrogen-bond acceptors (Lipinski definition) is 6. The normalized spacial score (nSPS) is 10.6. The van der Waals surface area contributed by atoms with Crippen molar-refractivity contribution >= 4 is 45.0 Å². The van der Waals surface area contributed by atoms with Crippen LogP contribution in [0.15, 0.2) is 16.6 Å². The van der Waals surface area contributed by atoms with E-state index in [1.54, 1.807) is 7.05 Å². The summed E-state index contributed by atoms with van der Waals surface area (Å²) in [5.41, 5.74) is 5.78. The van der Waals surface area contributed by atoms with E-state index in [1.165, 1.54) is 23.1 Å². The second kappa shape index (κ2) is 4.67. The lowest BCUT2D eigenvalue weighted by atomic mass is 10.4. The molecule has 0 spiro atoms. The first-order valence-corrected chi connectivity index (χ1v) is 6.41. The van der Waals surface area contributed by atoms with Gasteiger partial charge in [0.1, 0.15) is 10.6 Å². The molecule has 3 N–H and O–H groups in total. The Morgan fingerprint density at radius 3 is 3.19 bits per heavy atom. The van der Waals surface area contributed by atoms with Gasteiger partial charge < -0.3 is 11.1 Å². The topological polar surface area (TPSA) is 80.9 Å². The number of aromatic nitrogens is 2. The van der Waals surface area contributed by atoms with Crippen LogP contribution in [0.2, 0.25) is 0 Å². The van der Waals surface area contributed by atoms with Crippen molar-refractivity contribution in [2.24, 2.45) is 0 Å². The molecule has 2 aromatic heterocycles. The predicted octanol–water partition coefficient (Wildman–Crippen LogP) is 1.11. The number of fused-ring (bicyclic) bond motifs is 1. The lowest BCUT2D eigenvalue weighted by Gasteiger charge is -2.01. The molecule has 16 heavy (non-hydrogen) atoms. The van der Waals surface area contributed by atoms with Crippen LogP contribution in [0.4, 0.5) is 5.82 Å². The Balaban J connectivity index is 2.21. The van der Waals surface area contributed by atoms with Crippen LogP contribution in [0.1, 0.15) is 0 Å². The van der Waals surface area contributed by atoms with Crippen molar-refractivity contribution in [3.8, 4) is 0 Å². The van der Waals surface area contributed by atoms with Crippen molar-refractivity contribution in [1.82, 2.24) is 15.3 Å².